The third-order valence-electron chi connectivity index (χ3n) is 2.64. The van der Waals surface area contributed by atoms with E-state index in [0.29, 0.717) is 0 Å². The average molecular weight is 287 g/mol. The fraction of sp³-hybridized carbons (Fsp3) is 0.538. The zero-order valence-electron chi connectivity index (χ0n) is 9.40. The van der Waals surface area contributed by atoms with Crippen LogP contribution in [0.1, 0.15) is 43.8 Å². The van der Waals surface area contributed by atoms with Gasteiger partial charge in [0.15, 0.2) is 0 Å². The van der Waals surface area contributed by atoms with Gasteiger partial charge in [-0.15, -0.1) is 0 Å². The summed E-state index contributed by atoms with van der Waals surface area (Å²) < 4.78 is 1.03. The molecule has 0 heterocycles. The van der Waals surface area contributed by atoms with Gasteiger partial charge in [0.2, 0.25) is 0 Å². The molecule has 0 fully saturated rings. The Morgan fingerprint density at radius 1 is 1.00 bits per heavy atom. The lowest BCUT2D eigenvalue weighted by molar-refractivity contribution is 0.163. The first-order valence-electron chi connectivity index (χ1n) is 5.78. The minimum absolute atomic E-state index is 0.273. The van der Waals surface area contributed by atoms with Gasteiger partial charge in [0.05, 0.1) is 6.10 Å². The third-order valence-corrected chi connectivity index (χ3v) is 3.17. The maximum atomic E-state index is 9.90. The highest BCUT2D eigenvalue weighted by Crippen LogP contribution is 2.21. The van der Waals surface area contributed by atoms with Crippen molar-refractivity contribution in [2.45, 2.75) is 38.2 Å². The van der Waals surface area contributed by atoms with Crippen molar-refractivity contribution in [1.82, 2.24) is 0 Å². The van der Waals surface area contributed by atoms with Crippen molar-refractivity contribution >= 4 is 15.9 Å². The van der Waals surface area contributed by atoms with Gasteiger partial charge in [-0.2, -0.15) is 0 Å². The predicted octanol–water partition coefficient (Wildman–Crippen LogP) is 3.43. The standard InChI is InChI=1S/C13H19BrO2/c14-12-8-6-11(7-9-12)13(16)5-3-1-2-4-10-15/h6-9,13,15-16H,1-5,10H2. The Balaban J connectivity index is 2.24. The molecule has 0 bridgehead atoms. The molecule has 0 spiro atoms. The van der Waals surface area contributed by atoms with Crippen molar-refractivity contribution in [1.29, 1.82) is 0 Å². The van der Waals surface area contributed by atoms with E-state index in [1.54, 1.807) is 0 Å². The molecular formula is C13H19BrO2. The van der Waals surface area contributed by atoms with Crippen LogP contribution in [-0.2, 0) is 0 Å². The van der Waals surface area contributed by atoms with Crippen LogP contribution >= 0.6 is 15.9 Å². The molecule has 0 aliphatic rings. The molecule has 0 radical (unpaired) electrons. The van der Waals surface area contributed by atoms with Crippen LogP contribution in [-0.4, -0.2) is 16.8 Å². The van der Waals surface area contributed by atoms with Gasteiger partial charge in [-0.25, -0.2) is 0 Å². The number of rotatable bonds is 7. The zero-order valence-corrected chi connectivity index (χ0v) is 11.0. The van der Waals surface area contributed by atoms with Gasteiger partial charge in [0, 0.05) is 11.1 Å². The van der Waals surface area contributed by atoms with Gasteiger partial charge in [-0.3, -0.25) is 0 Å². The van der Waals surface area contributed by atoms with Crippen molar-refractivity contribution in [3.8, 4) is 0 Å². The zero-order chi connectivity index (χ0) is 11.8. The van der Waals surface area contributed by atoms with Crippen LogP contribution in [0.3, 0.4) is 0 Å². The Bertz CT molecular complexity index is 284. The topological polar surface area (TPSA) is 40.5 Å². The van der Waals surface area contributed by atoms with E-state index < -0.39 is 0 Å². The normalized spacial score (nSPS) is 12.7. The summed E-state index contributed by atoms with van der Waals surface area (Å²) in [7, 11) is 0. The number of unbranched alkanes of at least 4 members (excludes halogenated alkanes) is 3. The first kappa shape index (κ1) is 13.7. The van der Waals surface area contributed by atoms with Crippen LogP contribution in [0.25, 0.3) is 0 Å². The fourth-order valence-electron chi connectivity index (χ4n) is 1.65. The van der Waals surface area contributed by atoms with Gasteiger partial charge in [-0.1, -0.05) is 47.3 Å². The molecule has 1 unspecified atom stereocenters. The summed E-state index contributed by atoms with van der Waals surface area (Å²) in [6.07, 6.45) is 4.44. The smallest absolute Gasteiger partial charge is 0.0790 e. The molecule has 1 aromatic rings. The summed E-state index contributed by atoms with van der Waals surface area (Å²) in [5.74, 6) is 0. The van der Waals surface area contributed by atoms with Gasteiger partial charge in [0.25, 0.3) is 0 Å². The quantitative estimate of drug-likeness (QED) is 0.754. The number of benzene rings is 1. The number of halogens is 1. The highest BCUT2D eigenvalue weighted by atomic mass is 79.9. The molecule has 0 amide bonds. The van der Waals surface area contributed by atoms with Crippen LogP contribution in [0.4, 0.5) is 0 Å². The van der Waals surface area contributed by atoms with E-state index in [1.807, 2.05) is 24.3 Å². The highest BCUT2D eigenvalue weighted by molar-refractivity contribution is 9.10. The fourth-order valence-corrected chi connectivity index (χ4v) is 1.92. The minimum atomic E-state index is -0.359. The van der Waals surface area contributed by atoms with Crippen molar-refractivity contribution < 1.29 is 10.2 Å². The molecule has 16 heavy (non-hydrogen) atoms. The van der Waals surface area contributed by atoms with Gasteiger partial charge >= 0.3 is 0 Å². The molecule has 0 saturated carbocycles. The Morgan fingerprint density at radius 3 is 2.25 bits per heavy atom. The van der Waals surface area contributed by atoms with Crippen molar-refractivity contribution in [2.75, 3.05) is 6.61 Å². The molecule has 0 aliphatic heterocycles. The summed E-state index contributed by atoms with van der Waals surface area (Å²) in [6.45, 7) is 0.273. The van der Waals surface area contributed by atoms with E-state index in [1.165, 1.54) is 0 Å². The van der Waals surface area contributed by atoms with Gasteiger partial charge < -0.3 is 10.2 Å². The predicted molar refractivity (Wildman–Crippen MR) is 69.3 cm³/mol. The van der Waals surface area contributed by atoms with Gasteiger partial charge in [0.1, 0.15) is 0 Å². The molecule has 1 rings (SSSR count). The van der Waals surface area contributed by atoms with Crippen molar-refractivity contribution in [3.05, 3.63) is 34.3 Å². The molecule has 1 atom stereocenters. The minimum Gasteiger partial charge on any atom is -0.396 e. The van der Waals surface area contributed by atoms with Crippen LogP contribution in [0, 0.1) is 0 Å². The van der Waals surface area contributed by atoms with E-state index >= 15 is 0 Å². The monoisotopic (exact) mass is 286 g/mol. The Hall–Kier alpha value is -0.380. The molecule has 2 N–H and O–H groups in total. The number of hydrogen-bond acceptors (Lipinski definition) is 2. The second kappa shape index (κ2) is 7.82. The lowest BCUT2D eigenvalue weighted by Crippen LogP contribution is -1.97. The van der Waals surface area contributed by atoms with Crippen LogP contribution in [0.15, 0.2) is 28.7 Å². The summed E-state index contributed by atoms with van der Waals surface area (Å²) in [6, 6.07) is 7.79. The molecule has 0 aliphatic carbocycles. The first-order valence-corrected chi connectivity index (χ1v) is 6.57. The third kappa shape index (κ3) is 5.10. The number of aliphatic hydroxyl groups excluding tert-OH is 2. The maximum Gasteiger partial charge on any atom is 0.0790 e. The van der Waals surface area contributed by atoms with Crippen molar-refractivity contribution in [3.63, 3.8) is 0 Å². The average Bonchev–Trinajstić information content (AvgIpc) is 2.29. The summed E-state index contributed by atoms with van der Waals surface area (Å²) >= 11 is 3.37. The Morgan fingerprint density at radius 2 is 1.62 bits per heavy atom. The van der Waals surface area contributed by atoms with Crippen LogP contribution in [0.5, 0.6) is 0 Å². The van der Waals surface area contributed by atoms with E-state index in [0.717, 1.165) is 42.1 Å². The molecule has 1 aromatic carbocycles. The van der Waals surface area contributed by atoms with Crippen molar-refractivity contribution in [2.24, 2.45) is 0 Å². The molecular weight excluding hydrogens is 268 g/mol. The van der Waals surface area contributed by atoms with Crippen LogP contribution in [0.2, 0.25) is 0 Å². The van der Waals surface area contributed by atoms with Gasteiger partial charge in [-0.05, 0) is 30.5 Å². The lowest BCUT2D eigenvalue weighted by Gasteiger charge is -2.10. The maximum absolute atomic E-state index is 9.90. The highest BCUT2D eigenvalue weighted by Gasteiger charge is 2.06. The summed E-state index contributed by atoms with van der Waals surface area (Å²) in [5, 5.41) is 18.5. The SMILES string of the molecule is OCCCCCCC(O)c1ccc(Br)cc1. The largest absolute Gasteiger partial charge is 0.396 e. The molecule has 2 nitrogen and oxygen atoms in total. The second-order valence-corrected chi connectivity index (χ2v) is 4.91. The number of aliphatic hydroxyl groups is 2. The molecule has 90 valence electrons. The summed E-state index contributed by atoms with van der Waals surface area (Å²) in [5.41, 5.74) is 0.977. The first-order chi connectivity index (χ1) is 7.74. The number of hydrogen-bond donors (Lipinski definition) is 2. The Kier molecular flexibility index (Phi) is 6.69. The molecule has 0 aromatic heterocycles. The molecule has 3 heteroatoms. The Labute approximate surface area is 105 Å². The summed E-state index contributed by atoms with van der Waals surface area (Å²) in [4.78, 5) is 0. The van der Waals surface area contributed by atoms with E-state index in [-0.39, 0.29) is 12.7 Å². The van der Waals surface area contributed by atoms with Crippen LogP contribution < -0.4 is 0 Å². The lowest BCUT2D eigenvalue weighted by atomic mass is 10.0. The van der Waals surface area contributed by atoms with E-state index in [2.05, 4.69) is 15.9 Å². The second-order valence-electron chi connectivity index (χ2n) is 3.99. The molecule has 0 saturated heterocycles. The van der Waals surface area contributed by atoms with E-state index in [4.69, 9.17) is 5.11 Å². The van der Waals surface area contributed by atoms with E-state index in [9.17, 15) is 5.11 Å².